The molecule has 3 atom stereocenters. The summed E-state index contributed by atoms with van der Waals surface area (Å²) in [6.45, 7) is 5.75. The van der Waals surface area contributed by atoms with E-state index in [1.54, 1.807) is 30.1 Å². The summed E-state index contributed by atoms with van der Waals surface area (Å²) >= 11 is 0. The van der Waals surface area contributed by atoms with Gasteiger partial charge in [-0.2, -0.15) is 9.40 Å². The summed E-state index contributed by atoms with van der Waals surface area (Å²) in [5.74, 6) is 0.611. The molecule has 0 bridgehead atoms. The van der Waals surface area contributed by atoms with Crippen LogP contribution in [0.1, 0.15) is 17.3 Å². The van der Waals surface area contributed by atoms with Crippen LogP contribution in [-0.4, -0.2) is 67.3 Å². The predicted octanol–water partition coefficient (Wildman–Crippen LogP) is 1.67. The van der Waals surface area contributed by atoms with Crippen molar-refractivity contribution in [2.45, 2.75) is 17.9 Å². The molecule has 0 unspecified atom stereocenters. The van der Waals surface area contributed by atoms with Gasteiger partial charge in [-0.1, -0.05) is 30.3 Å². The first-order valence-corrected chi connectivity index (χ1v) is 11.1. The maximum atomic E-state index is 13.6. The van der Waals surface area contributed by atoms with Gasteiger partial charge in [0.15, 0.2) is 0 Å². The van der Waals surface area contributed by atoms with Gasteiger partial charge < -0.3 is 9.64 Å². The average Bonchev–Trinajstić information content (AvgIpc) is 3.34. The van der Waals surface area contributed by atoms with E-state index in [2.05, 4.69) is 10.00 Å². The molecular formula is C20H28N4O3S. The molecule has 3 heterocycles. The second-order valence-corrected chi connectivity index (χ2v) is 9.68. The largest absolute Gasteiger partial charge is 0.383 e. The third-order valence-corrected chi connectivity index (χ3v) is 8.18. The number of likely N-dealkylation sites (tertiary alicyclic amines) is 1. The molecule has 0 N–H and O–H groups in total. The highest BCUT2D eigenvalue weighted by atomic mass is 32.2. The molecule has 8 heteroatoms. The van der Waals surface area contributed by atoms with Crippen LogP contribution in [0, 0.1) is 18.8 Å². The fourth-order valence-electron chi connectivity index (χ4n) is 4.67. The van der Waals surface area contributed by atoms with E-state index in [4.69, 9.17) is 4.74 Å². The normalized spacial score (nSPS) is 26.0. The summed E-state index contributed by atoms with van der Waals surface area (Å²) in [6.07, 6.45) is 1.48. The van der Waals surface area contributed by atoms with Gasteiger partial charge in [0.25, 0.3) is 0 Å². The molecule has 0 spiro atoms. The van der Waals surface area contributed by atoms with Gasteiger partial charge in [-0.3, -0.25) is 4.68 Å². The van der Waals surface area contributed by atoms with Crippen LogP contribution in [0.3, 0.4) is 0 Å². The lowest BCUT2D eigenvalue weighted by atomic mass is 9.90. The summed E-state index contributed by atoms with van der Waals surface area (Å²) in [5, 5.41) is 4.16. The smallest absolute Gasteiger partial charge is 0.247 e. The number of fused-ring (bicyclic) bond motifs is 1. The lowest BCUT2D eigenvalue weighted by Crippen LogP contribution is -2.36. The van der Waals surface area contributed by atoms with Crippen molar-refractivity contribution in [3.63, 3.8) is 0 Å². The van der Waals surface area contributed by atoms with Crippen LogP contribution in [0.15, 0.2) is 41.4 Å². The number of sulfonamides is 1. The molecular weight excluding hydrogens is 376 g/mol. The molecule has 1 aromatic heterocycles. The number of benzene rings is 1. The molecule has 28 heavy (non-hydrogen) atoms. The maximum Gasteiger partial charge on any atom is 0.247 e. The highest BCUT2D eigenvalue weighted by Gasteiger charge is 2.51. The summed E-state index contributed by atoms with van der Waals surface area (Å²) in [7, 11) is -0.126. The maximum absolute atomic E-state index is 13.6. The minimum absolute atomic E-state index is 0.150. The fourth-order valence-corrected chi connectivity index (χ4v) is 6.57. The molecule has 0 aliphatic carbocycles. The van der Waals surface area contributed by atoms with Crippen LogP contribution in [-0.2, 0) is 21.8 Å². The second-order valence-electron chi connectivity index (χ2n) is 7.82. The number of aromatic nitrogens is 2. The zero-order chi connectivity index (χ0) is 19.9. The van der Waals surface area contributed by atoms with Crippen LogP contribution in [0.4, 0.5) is 0 Å². The summed E-state index contributed by atoms with van der Waals surface area (Å²) in [5.41, 5.74) is 1.74. The molecule has 7 nitrogen and oxygen atoms in total. The third kappa shape index (κ3) is 3.28. The first-order valence-electron chi connectivity index (χ1n) is 9.70. The first kappa shape index (κ1) is 19.6. The molecule has 4 rings (SSSR count). The Labute approximate surface area is 166 Å². The van der Waals surface area contributed by atoms with Gasteiger partial charge in [-0.05, 0) is 24.3 Å². The minimum atomic E-state index is -3.62. The molecule has 2 fully saturated rings. The van der Waals surface area contributed by atoms with Gasteiger partial charge in [0, 0.05) is 40.3 Å². The van der Waals surface area contributed by atoms with Gasteiger partial charge in [-0.25, -0.2) is 8.42 Å². The van der Waals surface area contributed by atoms with Crippen LogP contribution in [0.25, 0.3) is 0 Å². The third-order valence-electron chi connectivity index (χ3n) is 6.23. The van der Waals surface area contributed by atoms with Crippen LogP contribution in [0.5, 0.6) is 0 Å². The van der Waals surface area contributed by atoms with Crippen molar-refractivity contribution < 1.29 is 13.2 Å². The molecule has 1 aromatic carbocycles. The van der Waals surface area contributed by atoms with Crippen molar-refractivity contribution in [2.75, 3.05) is 39.9 Å². The molecule has 2 saturated heterocycles. The molecule has 0 saturated carbocycles. The van der Waals surface area contributed by atoms with Gasteiger partial charge in [0.2, 0.25) is 10.0 Å². The van der Waals surface area contributed by atoms with Gasteiger partial charge >= 0.3 is 0 Å². The van der Waals surface area contributed by atoms with Gasteiger partial charge in [0.05, 0.1) is 24.5 Å². The Morgan fingerprint density at radius 2 is 1.93 bits per heavy atom. The van der Waals surface area contributed by atoms with Crippen LogP contribution in [0.2, 0.25) is 0 Å². The number of hydrogen-bond donors (Lipinski definition) is 0. The number of aryl methyl sites for hydroxylation is 1. The van der Waals surface area contributed by atoms with E-state index >= 15 is 0 Å². The summed E-state index contributed by atoms with van der Waals surface area (Å²) < 4.78 is 35.7. The lowest BCUT2D eigenvalue weighted by Gasteiger charge is -2.29. The average molecular weight is 405 g/mol. The van der Waals surface area contributed by atoms with E-state index in [0.29, 0.717) is 29.7 Å². The predicted molar refractivity (Wildman–Crippen MR) is 106 cm³/mol. The minimum Gasteiger partial charge on any atom is -0.383 e. The highest BCUT2D eigenvalue weighted by molar-refractivity contribution is 7.89. The Kier molecular flexibility index (Phi) is 5.30. The Morgan fingerprint density at radius 1 is 1.18 bits per heavy atom. The number of rotatable bonds is 6. The molecule has 2 aromatic rings. The zero-order valence-corrected chi connectivity index (χ0v) is 17.5. The van der Waals surface area contributed by atoms with Gasteiger partial charge in [0.1, 0.15) is 4.90 Å². The van der Waals surface area contributed by atoms with E-state index in [1.807, 2.05) is 30.3 Å². The SMILES string of the molecule is COCCN1C[C@H]2CN(S(=O)(=O)c3cnn(C)c3C)[C@@H](c3ccccc3)[C@H]2C1. The Balaban J connectivity index is 1.69. The fraction of sp³-hybridized carbons (Fsp3) is 0.550. The van der Waals surface area contributed by atoms with Crippen LogP contribution >= 0.6 is 0 Å². The molecule has 152 valence electrons. The summed E-state index contributed by atoms with van der Waals surface area (Å²) in [4.78, 5) is 2.71. The first-order chi connectivity index (χ1) is 13.4. The monoisotopic (exact) mass is 404 g/mol. The molecule has 2 aliphatic rings. The Hall–Kier alpha value is -1.74. The van der Waals surface area contributed by atoms with E-state index in [0.717, 1.165) is 25.2 Å². The van der Waals surface area contributed by atoms with E-state index in [1.165, 1.54) is 6.20 Å². The van der Waals surface area contributed by atoms with Gasteiger partial charge in [-0.15, -0.1) is 0 Å². The number of methoxy groups -OCH3 is 1. The highest BCUT2D eigenvalue weighted by Crippen LogP contribution is 2.47. The van der Waals surface area contributed by atoms with Crippen molar-refractivity contribution in [3.05, 3.63) is 47.8 Å². The van der Waals surface area contributed by atoms with Crippen molar-refractivity contribution in [2.24, 2.45) is 18.9 Å². The van der Waals surface area contributed by atoms with Crippen molar-refractivity contribution >= 4 is 10.0 Å². The topological polar surface area (TPSA) is 67.7 Å². The Morgan fingerprint density at radius 3 is 2.57 bits per heavy atom. The molecule has 0 radical (unpaired) electrons. The molecule has 2 aliphatic heterocycles. The van der Waals surface area contributed by atoms with Crippen molar-refractivity contribution in [3.8, 4) is 0 Å². The van der Waals surface area contributed by atoms with Crippen molar-refractivity contribution in [1.82, 2.24) is 19.0 Å². The molecule has 0 amide bonds. The standard InChI is InChI=1S/C20H28N4O3S/c1-15-19(11-21-22(15)2)28(25,26)24-13-17-12-23(9-10-27-3)14-18(17)20(24)16-7-5-4-6-8-16/h4-8,11,17-18,20H,9-10,12-14H2,1-3H3/t17-,18-,20-/m0/s1. The number of hydrogen-bond acceptors (Lipinski definition) is 5. The Bertz CT molecular complexity index is 928. The van der Waals surface area contributed by atoms with Crippen LogP contribution < -0.4 is 0 Å². The van der Waals surface area contributed by atoms with E-state index in [9.17, 15) is 8.42 Å². The number of nitrogens with zero attached hydrogens (tertiary/aromatic N) is 4. The van der Waals surface area contributed by atoms with E-state index in [-0.39, 0.29) is 12.0 Å². The second kappa shape index (κ2) is 7.59. The van der Waals surface area contributed by atoms with Crippen molar-refractivity contribution in [1.29, 1.82) is 0 Å². The summed E-state index contributed by atoms with van der Waals surface area (Å²) in [6, 6.07) is 9.89. The quantitative estimate of drug-likeness (QED) is 0.733. The lowest BCUT2D eigenvalue weighted by molar-refractivity contribution is 0.152. The number of ether oxygens (including phenoxy) is 1. The zero-order valence-electron chi connectivity index (χ0n) is 16.7. The van der Waals surface area contributed by atoms with E-state index < -0.39 is 10.0 Å².